The fourth-order valence-corrected chi connectivity index (χ4v) is 7.29. The number of allylic oxidation sites excluding steroid dienone is 12. The van der Waals surface area contributed by atoms with E-state index in [4.69, 9.17) is 14.2 Å². The van der Waals surface area contributed by atoms with Crippen molar-refractivity contribution < 1.29 is 28.6 Å². The number of carbonyl (C=O) groups is 3. The van der Waals surface area contributed by atoms with Gasteiger partial charge in [-0.1, -0.05) is 248 Å². The number of ether oxygens (including phenoxy) is 3. The first kappa shape index (κ1) is 59.9. The molecule has 0 radical (unpaired) electrons. The maximum Gasteiger partial charge on any atom is 0.306 e. The Morgan fingerprint density at radius 2 is 0.619 bits per heavy atom. The standard InChI is InChI=1S/C57H98O6/c1-4-7-10-13-16-19-22-24-26-28-29-30-32-33-35-38-41-44-47-50-56(59)62-53-54(52-61-55(58)49-46-43-40-37-21-18-15-12-9-6-3)63-57(60)51-48-45-42-39-36-34-31-27-25-23-20-17-14-11-8-5-2/h7,10,16,19,24,26,29-30,33,35,41,44,54H,4-6,8-9,11-15,17-18,20-23,25,27-28,31-32,34,36-40,42-43,45-53H2,1-3H3/b10-7-,19-16-,26-24-,30-29-,35-33-,44-41-/t54-/m1/s1. The largest absolute Gasteiger partial charge is 0.462 e. The summed E-state index contributed by atoms with van der Waals surface area (Å²) in [5, 5.41) is 0. The molecule has 0 aliphatic carbocycles. The summed E-state index contributed by atoms with van der Waals surface area (Å²) in [6.07, 6.45) is 64.7. The topological polar surface area (TPSA) is 78.9 Å². The summed E-state index contributed by atoms with van der Waals surface area (Å²) >= 11 is 0. The highest BCUT2D eigenvalue weighted by Gasteiger charge is 2.19. The van der Waals surface area contributed by atoms with Gasteiger partial charge in [-0.05, 0) is 57.8 Å². The molecule has 0 amide bonds. The van der Waals surface area contributed by atoms with Gasteiger partial charge in [0.2, 0.25) is 0 Å². The van der Waals surface area contributed by atoms with Gasteiger partial charge in [-0.25, -0.2) is 0 Å². The van der Waals surface area contributed by atoms with Gasteiger partial charge < -0.3 is 14.2 Å². The van der Waals surface area contributed by atoms with E-state index < -0.39 is 6.10 Å². The van der Waals surface area contributed by atoms with Crippen molar-refractivity contribution >= 4 is 17.9 Å². The Bertz CT molecular complexity index is 1190. The van der Waals surface area contributed by atoms with Crippen LogP contribution in [0.15, 0.2) is 72.9 Å². The lowest BCUT2D eigenvalue weighted by molar-refractivity contribution is -0.166. The van der Waals surface area contributed by atoms with Gasteiger partial charge in [0, 0.05) is 19.3 Å². The first-order valence-electron chi connectivity index (χ1n) is 26.4. The Balaban J connectivity index is 4.44. The zero-order valence-corrected chi connectivity index (χ0v) is 41.3. The third kappa shape index (κ3) is 49.7. The molecule has 0 aliphatic heterocycles. The predicted molar refractivity (Wildman–Crippen MR) is 270 cm³/mol. The van der Waals surface area contributed by atoms with Gasteiger partial charge in [0.05, 0.1) is 0 Å². The molecule has 0 N–H and O–H groups in total. The van der Waals surface area contributed by atoms with E-state index in [9.17, 15) is 14.4 Å². The van der Waals surface area contributed by atoms with Crippen LogP contribution in [0.1, 0.15) is 252 Å². The predicted octanol–water partition coefficient (Wildman–Crippen LogP) is 17.4. The molecular weight excluding hydrogens is 781 g/mol. The maximum atomic E-state index is 12.8. The minimum atomic E-state index is -0.801. The molecule has 0 aliphatic rings. The molecule has 362 valence electrons. The molecule has 6 nitrogen and oxygen atoms in total. The molecule has 0 unspecified atom stereocenters. The average Bonchev–Trinajstić information content (AvgIpc) is 3.28. The number of hydrogen-bond acceptors (Lipinski definition) is 6. The van der Waals surface area contributed by atoms with Crippen molar-refractivity contribution in [3.8, 4) is 0 Å². The first-order valence-corrected chi connectivity index (χ1v) is 26.4. The number of unbranched alkanes of at least 4 members (excludes halogenated alkanes) is 24. The second-order valence-corrected chi connectivity index (χ2v) is 17.4. The van der Waals surface area contributed by atoms with Crippen LogP contribution in [0.4, 0.5) is 0 Å². The lowest BCUT2D eigenvalue weighted by Gasteiger charge is -2.18. The molecule has 0 aromatic heterocycles. The fraction of sp³-hybridized carbons (Fsp3) is 0.737. The lowest BCUT2D eigenvalue weighted by Crippen LogP contribution is -2.30. The van der Waals surface area contributed by atoms with Crippen LogP contribution >= 0.6 is 0 Å². The minimum absolute atomic E-state index is 0.0955. The molecule has 0 aromatic rings. The van der Waals surface area contributed by atoms with E-state index in [1.165, 1.54) is 128 Å². The molecule has 1 atom stereocenters. The van der Waals surface area contributed by atoms with E-state index in [2.05, 4.69) is 87.6 Å². The van der Waals surface area contributed by atoms with Crippen LogP contribution in [0.2, 0.25) is 0 Å². The molecule has 0 rings (SSSR count). The van der Waals surface area contributed by atoms with Crippen molar-refractivity contribution in [3.05, 3.63) is 72.9 Å². The lowest BCUT2D eigenvalue weighted by atomic mass is 10.0. The number of carbonyl (C=O) groups excluding carboxylic acids is 3. The third-order valence-electron chi connectivity index (χ3n) is 11.2. The van der Waals surface area contributed by atoms with Crippen molar-refractivity contribution in [2.24, 2.45) is 0 Å². The van der Waals surface area contributed by atoms with Crippen LogP contribution in [0.25, 0.3) is 0 Å². The van der Waals surface area contributed by atoms with Crippen molar-refractivity contribution in [2.45, 2.75) is 258 Å². The van der Waals surface area contributed by atoms with E-state index >= 15 is 0 Å². The first-order chi connectivity index (χ1) is 31.0. The van der Waals surface area contributed by atoms with Gasteiger partial charge in [0.15, 0.2) is 6.10 Å². The highest BCUT2D eigenvalue weighted by Crippen LogP contribution is 2.15. The van der Waals surface area contributed by atoms with Crippen LogP contribution in [0.3, 0.4) is 0 Å². The van der Waals surface area contributed by atoms with Crippen LogP contribution in [-0.4, -0.2) is 37.2 Å². The quantitative estimate of drug-likeness (QED) is 0.0262. The molecule has 0 spiro atoms. The Labute approximate surface area is 389 Å². The van der Waals surface area contributed by atoms with Crippen molar-refractivity contribution in [3.63, 3.8) is 0 Å². The van der Waals surface area contributed by atoms with Crippen molar-refractivity contribution in [1.82, 2.24) is 0 Å². The summed E-state index contributed by atoms with van der Waals surface area (Å²) in [4.78, 5) is 37.9. The van der Waals surface area contributed by atoms with Crippen molar-refractivity contribution in [1.29, 1.82) is 0 Å². The van der Waals surface area contributed by atoms with Crippen LogP contribution < -0.4 is 0 Å². The van der Waals surface area contributed by atoms with Crippen LogP contribution in [0, 0.1) is 0 Å². The number of hydrogen-bond donors (Lipinski definition) is 0. The Morgan fingerprint density at radius 1 is 0.333 bits per heavy atom. The normalized spacial score (nSPS) is 12.6. The van der Waals surface area contributed by atoms with Gasteiger partial charge in [0.25, 0.3) is 0 Å². The highest BCUT2D eigenvalue weighted by atomic mass is 16.6. The SMILES string of the molecule is CC/C=C\C/C=C\C/C=C\C/C=C\C/C=C\C/C=C\CCC(=O)OC[C@@H](COC(=O)CCCCCCCCCCCC)OC(=O)CCCCCCCCCCCCCCCCCC. The zero-order valence-electron chi connectivity index (χ0n) is 41.3. The molecule has 0 saturated carbocycles. The third-order valence-corrected chi connectivity index (χ3v) is 11.2. The molecule has 0 bridgehead atoms. The van der Waals surface area contributed by atoms with Crippen LogP contribution in [-0.2, 0) is 28.6 Å². The van der Waals surface area contributed by atoms with Gasteiger partial charge in [-0.2, -0.15) is 0 Å². The summed E-state index contributed by atoms with van der Waals surface area (Å²) in [5.74, 6) is -0.979. The number of esters is 3. The molecular formula is C57H98O6. The summed E-state index contributed by atoms with van der Waals surface area (Å²) in [6.45, 7) is 6.46. The van der Waals surface area contributed by atoms with E-state index in [0.29, 0.717) is 19.3 Å². The Morgan fingerprint density at radius 3 is 0.968 bits per heavy atom. The van der Waals surface area contributed by atoms with Gasteiger partial charge >= 0.3 is 17.9 Å². The molecule has 63 heavy (non-hydrogen) atoms. The van der Waals surface area contributed by atoms with E-state index in [1.54, 1.807) is 0 Å². The number of rotatable bonds is 47. The summed E-state index contributed by atoms with van der Waals surface area (Å²) in [6, 6.07) is 0. The summed E-state index contributed by atoms with van der Waals surface area (Å²) < 4.78 is 16.7. The summed E-state index contributed by atoms with van der Waals surface area (Å²) in [5.41, 5.74) is 0. The maximum absolute atomic E-state index is 12.8. The second-order valence-electron chi connectivity index (χ2n) is 17.4. The van der Waals surface area contributed by atoms with Crippen LogP contribution in [0.5, 0.6) is 0 Å². The molecule has 0 fully saturated rings. The molecule has 6 heteroatoms. The average molecular weight is 879 g/mol. The van der Waals surface area contributed by atoms with Gasteiger partial charge in [-0.15, -0.1) is 0 Å². The Kier molecular flexibility index (Phi) is 48.9. The van der Waals surface area contributed by atoms with Gasteiger partial charge in [-0.3, -0.25) is 14.4 Å². The van der Waals surface area contributed by atoms with Crippen molar-refractivity contribution in [2.75, 3.05) is 13.2 Å². The second kappa shape index (κ2) is 51.5. The highest BCUT2D eigenvalue weighted by molar-refractivity contribution is 5.71. The summed E-state index contributed by atoms with van der Waals surface area (Å²) in [7, 11) is 0. The monoisotopic (exact) mass is 879 g/mol. The molecule has 0 saturated heterocycles. The Hall–Kier alpha value is -3.15. The molecule has 0 heterocycles. The van der Waals surface area contributed by atoms with E-state index in [-0.39, 0.29) is 37.5 Å². The fourth-order valence-electron chi connectivity index (χ4n) is 7.29. The zero-order chi connectivity index (χ0) is 45.8. The van der Waals surface area contributed by atoms with Gasteiger partial charge in [0.1, 0.15) is 13.2 Å². The minimum Gasteiger partial charge on any atom is -0.462 e. The van der Waals surface area contributed by atoms with E-state index in [0.717, 1.165) is 77.0 Å². The smallest absolute Gasteiger partial charge is 0.306 e. The molecule has 0 aromatic carbocycles. The van der Waals surface area contributed by atoms with E-state index in [1.807, 2.05) is 6.08 Å².